The summed E-state index contributed by atoms with van der Waals surface area (Å²) in [6, 6.07) is -0.767. The Hall–Kier alpha value is -0.750. The van der Waals surface area contributed by atoms with E-state index in [1.165, 1.54) is 0 Å². The number of nitrogens with one attached hydrogen (secondary N) is 2. The second-order valence-electron chi connectivity index (χ2n) is 3.25. The normalized spacial score (nSPS) is 22.1. The van der Waals surface area contributed by atoms with Crippen molar-refractivity contribution in [3.8, 4) is 0 Å². The van der Waals surface area contributed by atoms with E-state index < -0.39 is 12.0 Å². The molecule has 1 aliphatic heterocycles. The lowest BCUT2D eigenvalue weighted by Crippen LogP contribution is -2.48. The smallest absolute Gasteiger partial charge is 0.328 e. The number of thioether (sulfide) groups is 1. The molecule has 1 amide bonds. The van der Waals surface area contributed by atoms with Gasteiger partial charge in [-0.05, 0) is 13.8 Å². The molecule has 1 heterocycles. The molecule has 0 bridgehead atoms. The molecule has 86 valence electrons. The summed E-state index contributed by atoms with van der Waals surface area (Å²) < 4.78 is 4.79. The van der Waals surface area contributed by atoms with Gasteiger partial charge < -0.3 is 10.1 Å². The Labute approximate surface area is 93.3 Å². The van der Waals surface area contributed by atoms with Crippen molar-refractivity contribution >= 4 is 23.6 Å². The fourth-order valence-electron chi connectivity index (χ4n) is 1.20. The van der Waals surface area contributed by atoms with Crippen molar-refractivity contribution in [3.05, 3.63) is 0 Å². The first kappa shape index (κ1) is 12.3. The van der Waals surface area contributed by atoms with Crippen LogP contribution in [-0.2, 0) is 14.3 Å². The van der Waals surface area contributed by atoms with Crippen LogP contribution in [0.5, 0.6) is 0 Å². The molecule has 2 unspecified atom stereocenters. The standard InChI is InChI=1S/C9H16N2O3S/c1-3-14-9(13)6(2)11-8(12)7-4-15-5-10-7/h6-7,10H,3-5H2,1-2H3,(H,11,12). The van der Waals surface area contributed by atoms with Crippen molar-refractivity contribution in [1.29, 1.82) is 0 Å². The monoisotopic (exact) mass is 232 g/mol. The number of carbonyl (C=O) groups is 2. The predicted octanol–water partition coefficient (Wildman–Crippen LogP) is -0.283. The molecule has 0 saturated carbocycles. The second-order valence-corrected chi connectivity index (χ2v) is 4.28. The first-order valence-corrected chi connectivity index (χ1v) is 6.08. The summed E-state index contributed by atoms with van der Waals surface area (Å²) in [4.78, 5) is 22.8. The van der Waals surface area contributed by atoms with Gasteiger partial charge in [0.1, 0.15) is 6.04 Å². The van der Waals surface area contributed by atoms with Gasteiger partial charge in [-0.25, -0.2) is 4.79 Å². The van der Waals surface area contributed by atoms with Crippen LogP contribution in [0.25, 0.3) is 0 Å². The van der Waals surface area contributed by atoms with Gasteiger partial charge in [0.2, 0.25) is 5.91 Å². The van der Waals surface area contributed by atoms with Crippen LogP contribution in [0, 0.1) is 0 Å². The van der Waals surface area contributed by atoms with E-state index in [9.17, 15) is 9.59 Å². The summed E-state index contributed by atoms with van der Waals surface area (Å²) in [6.45, 7) is 3.69. The van der Waals surface area contributed by atoms with E-state index in [2.05, 4.69) is 10.6 Å². The highest BCUT2D eigenvalue weighted by Crippen LogP contribution is 2.09. The second kappa shape index (κ2) is 5.97. The van der Waals surface area contributed by atoms with Crippen LogP contribution in [-0.4, -0.2) is 42.2 Å². The number of carbonyl (C=O) groups excluding carboxylic acids is 2. The highest BCUT2D eigenvalue weighted by Gasteiger charge is 2.25. The summed E-state index contributed by atoms with van der Waals surface area (Å²) in [5.41, 5.74) is 0. The van der Waals surface area contributed by atoms with Gasteiger partial charge in [0, 0.05) is 11.6 Å². The minimum Gasteiger partial charge on any atom is -0.464 e. The van der Waals surface area contributed by atoms with Gasteiger partial charge in [-0.2, -0.15) is 0 Å². The molecular formula is C9H16N2O3S. The maximum Gasteiger partial charge on any atom is 0.328 e. The van der Waals surface area contributed by atoms with E-state index in [0.29, 0.717) is 6.61 Å². The van der Waals surface area contributed by atoms with Gasteiger partial charge in [0.05, 0.1) is 12.6 Å². The van der Waals surface area contributed by atoms with E-state index in [1.54, 1.807) is 25.6 Å². The van der Waals surface area contributed by atoms with Crippen LogP contribution < -0.4 is 10.6 Å². The Bertz CT molecular complexity index is 242. The fraction of sp³-hybridized carbons (Fsp3) is 0.778. The van der Waals surface area contributed by atoms with Crippen molar-refractivity contribution in [1.82, 2.24) is 10.6 Å². The summed E-state index contributed by atoms with van der Waals surface area (Å²) in [5.74, 6) is 1.00. The molecule has 15 heavy (non-hydrogen) atoms. The maximum atomic E-state index is 11.6. The lowest BCUT2D eigenvalue weighted by Gasteiger charge is -2.15. The Morgan fingerprint density at radius 3 is 2.93 bits per heavy atom. The Morgan fingerprint density at radius 1 is 1.67 bits per heavy atom. The van der Waals surface area contributed by atoms with Gasteiger partial charge >= 0.3 is 5.97 Å². The highest BCUT2D eigenvalue weighted by atomic mass is 32.2. The van der Waals surface area contributed by atoms with Crippen LogP contribution in [0.1, 0.15) is 13.8 Å². The largest absolute Gasteiger partial charge is 0.464 e. The lowest BCUT2D eigenvalue weighted by molar-refractivity contribution is -0.147. The van der Waals surface area contributed by atoms with Gasteiger partial charge in [-0.1, -0.05) is 0 Å². The molecule has 1 fully saturated rings. The zero-order chi connectivity index (χ0) is 11.3. The lowest BCUT2D eigenvalue weighted by atomic mass is 10.2. The molecule has 6 heteroatoms. The van der Waals surface area contributed by atoms with Gasteiger partial charge in [-0.3, -0.25) is 10.1 Å². The molecule has 1 aliphatic rings. The summed E-state index contributed by atoms with van der Waals surface area (Å²) in [7, 11) is 0. The van der Waals surface area contributed by atoms with E-state index in [-0.39, 0.29) is 11.9 Å². The number of rotatable bonds is 4. The number of ether oxygens (including phenoxy) is 1. The fourth-order valence-corrected chi connectivity index (χ4v) is 2.15. The molecule has 1 rings (SSSR count). The van der Waals surface area contributed by atoms with Crippen molar-refractivity contribution in [2.75, 3.05) is 18.2 Å². The molecule has 0 aromatic heterocycles. The zero-order valence-corrected chi connectivity index (χ0v) is 9.73. The third kappa shape index (κ3) is 3.71. The van der Waals surface area contributed by atoms with Gasteiger partial charge in [0.15, 0.2) is 0 Å². The molecule has 0 aromatic rings. The molecule has 2 N–H and O–H groups in total. The molecule has 0 radical (unpaired) electrons. The predicted molar refractivity (Wildman–Crippen MR) is 58.5 cm³/mol. The first-order chi connectivity index (χ1) is 7.15. The van der Waals surface area contributed by atoms with Crippen LogP contribution >= 0.6 is 11.8 Å². The quantitative estimate of drug-likeness (QED) is 0.652. The molecule has 0 aliphatic carbocycles. The van der Waals surface area contributed by atoms with Gasteiger partial charge in [-0.15, -0.1) is 11.8 Å². The topological polar surface area (TPSA) is 67.4 Å². The summed E-state index contributed by atoms with van der Waals surface area (Å²) >= 11 is 1.67. The average molecular weight is 232 g/mol. The Kier molecular flexibility index (Phi) is 4.90. The Balaban J connectivity index is 2.33. The van der Waals surface area contributed by atoms with Crippen LogP contribution in [0.4, 0.5) is 0 Å². The molecule has 1 saturated heterocycles. The maximum absolute atomic E-state index is 11.6. The molecular weight excluding hydrogens is 216 g/mol. The van der Waals surface area contributed by atoms with E-state index in [4.69, 9.17) is 4.74 Å². The Morgan fingerprint density at radius 2 is 2.40 bits per heavy atom. The number of hydrogen-bond donors (Lipinski definition) is 2. The van der Waals surface area contributed by atoms with Crippen molar-refractivity contribution in [3.63, 3.8) is 0 Å². The minimum absolute atomic E-state index is 0.138. The summed E-state index contributed by atoms with van der Waals surface area (Å²) in [6.07, 6.45) is 0. The first-order valence-electron chi connectivity index (χ1n) is 4.93. The third-order valence-corrected chi connectivity index (χ3v) is 2.97. The number of amides is 1. The zero-order valence-electron chi connectivity index (χ0n) is 8.91. The third-order valence-electron chi connectivity index (χ3n) is 2.03. The average Bonchev–Trinajstić information content (AvgIpc) is 2.70. The van der Waals surface area contributed by atoms with Gasteiger partial charge in [0.25, 0.3) is 0 Å². The number of esters is 1. The summed E-state index contributed by atoms with van der Waals surface area (Å²) in [5, 5.41) is 5.65. The van der Waals surface area contributed by atoms with E-state index in [0.717, 1.165) is 11.6 Å². The van der Waals surface area contributed by atoms with E-state index >= 15 is 0 Å². The molecule has 0 aromatic carbocycles. The van der Waals surface area contributed by atoms with Crippen LogP contribution in [0.15, 0.2) is 0 Å². The van der Waals surface area contributed by atoms with Crippen molar-refractivity contribution in [2.45, 2.75) is 25.9 Å². The van der Waals surface area contributed by atoms with Crippen molar-refractivity contribution < 1.29 is 14.3 Å². The van der Waals surface area contributed by atoms with Crippen molar-refractivity contribution in [2.24, 2.45) is 0 Å². The minimum atomic E-state index is -0.579. The number of hydrogen-bond acceptors (Lipinski definition) is 5. The van der Waals surface area contributed by atoms with Crippen LogP contribution in [0.3, 0.4) is 0 Å². The molecule has 2 atom stereocenters. The SMILES string of the molecule is CCOC(=O)C(C)NC(=O)C1CSCN1. The molecule has 0 spiro atoms. The highest BCUT2D eigenvalue weighted by molar-refractivity contribution is 7.99. The van der Waals surface area contributed by atoms with Crippen LogP contribution in [0.2, 0.25) is 0 Å². The molecule has 5 nitrogen and oxygen atoms in total. The van der Waals surface area contributed by atoms with E-state index in [1.807, 2.05) is 0 Å².